The van der Waals surface area contributed by atoms with Crippen molar-refractivity contribution in [3.05, 3.63) is 75.5 Å². The maximum absolute atomic E-state index is 15.8. The zero-order chi connectivity index (χ0) is 31.7. The molecular formula is C27H33FN3O9P. The van der Waals surface area contributed by atoms with Crippen molar-refractivity contribution in [2.75, 3.05) is 13.2 Å². The van der Waals surface area contributed by atoms with E-state index < -0.39 is 79.9 Å². The molecule has 3 N–H and O–H groups in total. The Morgan fingerprint density at radius 2 is 2.00 bits per heavy atom. The third-order valence-corrected chi connectivity index (χ3v) is 8.08. The lowest BCUT2D eigenvalue weighted by Gasteiger charge is -2.28. The molecule has 1 saturated heterocycles. The van der Waals surface area contributed by atoms with Crippen molar-refractivity contribution >= 4 is 24.5 Å². The van der Waals surface area contributed by atoms with Crippen LogP contribution in [0.25, 0.3) is 10.8 Å². The molecule has 4 rings (SSSR count). The molecule has 0 spiro atoms. The number of aromatic nitrogens is 2. The first-order valence-corrected chi connectivity index (χ1v) is 14.4. The largest absolute Gasteiger partial charge is 0.465 e. The minimum Gasteiger partial charge on any atom is -0.465 e. The SMILES string of the molecule is [2H]c1c([2H])n([C@@H]2O[C@H](COP(=O)(NC(C(=O)OCC)C(C)C)Oc3cccc4ccccc34)[C@@H](O)[C@@]2(C)F)c(=O)[nH]c1=O. The fourth-order valence-corrected chi connectivity index (χ4v) is 6.07. The van der Waals surface area contributed by atoms with Gasteiger partial charge < -0.3 is 19.1 Å². The van der Waals surface area contributed by atoms with Crippen molar-refractivity contribution < 1.29 is 40.1 Å². The van der Waals surface area contributed by atoms with Crippen molar-refractivity contribution in [2.24, 2.45) is 5.92 Å². The Morgan fingerprint density at radius 1 is 1.29 bits per heavy atom. The Hall–Kier alpha value is -3.35. The van der Waals surface area contributed by atoms with Gasteiger partial charge in [-0.3, -0.25) is 23.7 Å². The third-order valence-electron chi connectivity index (χ3n) is 6.56. The molecule has 1 aliphatic rings. The molecule has 0 bridgehead atoms. The van der Waals surface area contributed by atoms with Gasteiger partial charge in [-0.25, -0.2) is 13.8 Å². The van der Waals surface area contributed by atoms with E-state index in [4.69, 9.17) is 21.3 Å². The van der Waals surface area contributed by atoms with Gasteiger partial charge in [-0.2, -0.15) is 5.09 Å². The van der Waals surface area contributed by atoms with Crippen molar-refractivity contribution in [3.63, 3.8) is 0 Å². The summed E-state index contributed by atoms with van der Waals surface area (Å²) >= 11 is 0. The van der Waals surface area contributed by atoms with Gasteiger partial charge in [0, 0.05) is 17.6 Å². The number of halogens is 1. The van der Waals surface area contributed by atoms with Gasteiger partial charge in [0.25, 0.3) is 5.56 Å². The molecule has 41 heavy (non-hydrogen) atoms. The lowest BCUT2D eigenvalue weighted by molar-refractivity contribution is -0.146. The number of nitrogens with one attached hydrogen (secondary N) is 2. The summed E-state index contributed by atoms with van der Waals surface area (Å²) < 4.78 is 68.5. The Bertz CT molecular complexity index is 1660. The second-order valence-corrected chi connectivity index (χ2v) is 11.6. The summed E-state index contributed by atoms with van der Waals surface area (Å²) in [4.78, 5) is 38.7. The standard InChI is InChI=1S/C27H33FN3O9P/c1-5-37-24(34)22(16(2)3)30-41(36,40-19-12-8-10-17-9-6-7-11-18(17)19)38-15-20-23(33)27(4,28)25(39-20)31-14-13-21(32)29-26(31)35/h6-14,16,20,22-23,25,33H,5,15H2,1-4H3,(H,30,36)(H,29,32,35)/t20-,22?,23-,25-,27-,41?/m1/s1/i13D,14D. The van der Waals surface area contributed by atoms with E-state index in [1.165, 1.54) is 0 Å². The summed E-state index contributed by atoms with van der Waals surface area (Å²) in [5.41, 5.74) is -5.10. The summed E-state index contributed by atoms with van der Waals surface area (Å²) in [6.45, 7) is 5.17. The van der Waals surface area contributed by atoms with E-state index in [1.54, 1.807) is 51.1 Å². The number of nitrogens with zero attached hydrogens (tertiary/aromatic N) is 1. The van der Waals surface area contributed by atoms with E-state index >= 15 is 4.39 Å². The van der Waals surface area contributed by atoms with Gasteiger partial charge in [0.1, 0.15) is 24.0 Å². The number of carbonyl (C=O) groups excluding carboxylic acids is 1. The number of ether oxygens (including phenoxy) is 2. The van der Waals surface area contributed by atoms with Crippen LogP contribution in [0.2, 0.25) is 0 Å². The summed E-state index contributed by atoms with van der Waals surface area (Å²) in [5, 5.41) is 14.8. The van der Waals surface area contributed by atoms with Gasteiger partial charge in [0.2, 0.25) is 0 Å². The van der Waals surface area contributed by atoms with E-state index in [2.05, 4.69) is 5.09 Å². The zero-order valence-electron chi connectivity index (χ0n) is 24.8. The van der Waals surface area contributed by atoms with Crippen LogP contribution < -0.4 is 20.9 Å². The molecule has 222 valence electrons. The normalized spacial score (nSPS) is 25.4. The van der Waals surface area contributed by atoms with E-state index in [0.717, 1.165) is 12.3 Å². The highest BCUT2D eigenvalue weighted by atomic mass is 31.2. The number of alkyl halides is 1. The monoisotopic (exact) mass is 595 g/mol. The van der Waals surface area contributed by atoms with Crippen LogP contribution in [-0.2, 0) is 23.4 Å². The minimum atomic E-state index is -4.53. The quantitative estimate of drug-likeness (QED) is 0.222. The molecule has 14 heteroatoms. The maximum atomic E-state index is 15.8. The molecule has 6 atom stereocenters. The highest BCUT2D eigenvalue weighted by Crippen LogP contribution is 2.49. The van der Waals surface area contributed by atoms with Crippen LogP contribution in [0, 0.1) is 5.92 Å². The number of H-pyrrole nitrogens is 1. The number of fused-ring (bicyclic) bond motifs is 1. The van der Waals surface area contributed by atoms with Crippen LogP contribution in [0.5, 0.6) is 5.75 Å². The molecule has 2 unspecified atom stereocenters. The van der Waals surface area contributed by atoms with Crippen molar-refractivity contribution in [1.82, 2.24) is 14.6 Å². The Kier molecular flexibility index (Phi) is 8.31. The van der Waals surface area contributed by atoms with E-state index in [0.29, 0.717) is 9.95 Å². The van der Waals surface area contributed by atoms with Crippen LogP contribution in [0.3, 0.4) is 0 Å². The van der Waals surface area contributed by atoms with Crippen LogP contribution >= 0.6 is 7.75 Å². The van der Waals surface area contributed by atoms with Gasteiger partial charge in [-0.15, -0.1) is 0 Å². The Labute approximate surface area is 237 Å². The molecule has 0 aliphatic carbocycles. The molecule has 12 nitrogen and oxygen atoms in total. The highest BCUT2D eigenvalue weighted by molar-refractivity contribution is 7.52. The number of hydrogen-bond acceptors (Lipinski definition) is 9. The first-order chi connectivity index (χ1) is 20.2. The molecule has 3 aromatic rings. The summed E-state index contributed by atoms with van der Waals surface area (Å²) in [6, 6.07) is 10.0. The van der Waals surface area contributed by atoms with E-state index in [-0.39, 0.29) is 12.4 Å². The molecule has 0 saturated carbocycles. The van der Waals surface area contributed by atoms with Gasteiger partial charge in [0.05, 0.1) is 16.0 Å². The van der Waals surface area contributed by atoms with Crippen LogP contribution in [-0.4, -0.2) is 57.8 Å². The number of aromatic amines is 1. The summed E-state index contributed by atoms with van der Waals surface area (Å²) in [6.07, 6.45) is -6.44. The summed E-state index contributed by atoms with van der Waals surface area (Å²) in [5.74, 6) is -1.02. The fourth-order valence-electron chi connectivity index (χ4n) is 4.38. The smallest absolute Gasteiger partial charge is 0.459 e. The number of carbonyl (C=O) groups is 1. The fraction of sp³-hybridized carbons (Fsp3) is 0.444. The number of aliphatic hydroxyl groups excluding tert-OH is 1. The minimum absolute atomic E-state index is 0.0553. The Morgan fingerprint density at radius 3 is 2.71 bits per heavy atom. The second kappa shape index (κ2) is 12.3. The lowest BCUT2D eigenvalue weighted by Crippen LogP contribution is -2.44. The average molecular weight is 596 g/mol. The highest BCUT2D eigenvalue weighted by Gasteiger charge is 2.56. The predicted octanol–water partition coefficient (Wildman–Crippen LogP) is 3.06. The topological polar surface area (TPSA) is 158 Å². The second-order valence-electron chi connectivity index (χ2n) is 9.95. The third kappa shape index (κ3) is 6.60. The molecular weight excluding hydrogens is 560 g/mol. The lowest BCUT2D eigenvalue weighted by atomic mass is 9.98. The van der Waals surface area contributed by atoms with E-state index in [1.807, 2.05) is 17.1 Å². The summed E-state index contributed by atoms with van der Waals surface area (Å²) in [7, 11) is -4.53. The number of rotatable bonds is 11. The van der Waals surface area contributed by atoms with Gasteiger partial charge >= 0.3 is 19.4 Å². The molecule has 1 aliphatic heterocycles. The predicted molar refractivity (Wildman–Crippen MR) is 147 cm³/mol. The number of esters is 1. The number of hydrogen-bond donors (Lipinski definition) is 3. The Balaban J connectivity index is 1.67. The van der Waals surface area contributed by atoms with Gasteiger partial charge in [-0.1, -0.05) is 50.2 Å². The zero-order valence-corrected chi connectivity index (χ0v) is 23.7. The van der Waals surface area contributed by atoms with Crippen molar-refractivity contribution in [3.8, 4) is 5.75 Å². The molecule has 1 aromatic heterocycles. The average Bonchev–Trinajstić information content (AvgIpc) is 3.17. The number of benzene rings is 2. The molecule has 2 heterocycles. The van der Waals surface area contributed by atoms with Crippen LogP contribution in [0.4, 0.5) is 4.39 Å². The number of aliphatic hydroxyl groups is 1. The van der Waals surface area contributed by atoms with Crippen LogP contribution in [0.1, 0.15) is 36.7 Å². The first kappa shape index (κ1) is 27.8. The molecule has 0 radical (unpaired) electrons. The maximum Gasteiger partial charge on any atom is 0.459 e. The molecule has 1 fully saturated rings. The molecule has 0 amide bonds. The van der Waals surface area contributed by atoms with Crippen LogP contribution in [0.15, 0.2) is 64.3 Å². The van der Waals surface area contributed by atoms with Crippen molar-refractivity contribution in [1.29, 1.82) is 0 Å². The van der Waals surface area contributed by atoms with Gasteiger partial charge in [-0.05, 0) is 31.2 Å². The first-order valence-electron chi connectivity index (χ1n) is 13.9. The van der Waals surface area contributed by atoms with E-state index in [9.17, 15) is 24.1 Å². The van der Waals surface area contributed by atoms with Gasteiger partial charge in [0.15, 0.2) is 11.9 Å². The molecule has 2 aromatic carbocycles. The van der Waals surface area contributed by atoms with Crippen molar-refractivity contribution in [2.45, 2.75) is 57.8 Å².